The SMILES string of the molecule is O=C(CN(Cc1ccccc1)S(=O)(=O)c1cc(Cl)ccc1Cl)Nc1cc(Cl)c(Cl)cc1Cl. The fraction of sp³-hybridized carbons (Fsp3) is 0.0952. The molecule has 0 fully saturated rings. The average Bonchev–Trinajstić information content (AvgIpc) is 2.74. The van der Waals surface area contributed by atoms with Crippen LogP contribution in [0.25, 0.3) is 0 Å². The van der Waals surface area contributed by atoms with Crippen LogP contribution < -0.4 is 5.32 Å². The number of nitrogens with one attached hydrogen (secondary N) is 1. The highest BCUT2D eigenvalue weighted by molar-refractivity contribution is 7.89. The lowest BCUT2D eigenvalue weighted by Crippen LogP contribution is -2.37. The van der Waals surface area contributed by atoms with Crippen molar-refractivity contribution in [1.29, 1.82) is 0 Å². The summed E-state index contributed by atoms with van der Waals surface area (Å²) in [7, 11) is -4.19. The largest absolute Gasteiger partial charge is 0.324 e. The molecule has 0 heterocycles. The van der Waals surface area contributed by atoms with E-state index in [0.717, 1.165) is 4.31 Å². The standard InChI is InChI=1S/C21H15Cl5N2O3S/c22-14-6-7-15(23)20(8-14)32(30,31)28(11-13-4-2-1-3-5-13)12-21(29)27-19-10-17(25)16(24)9-18(19)26/h1-10H,11-12H2,(H,27,29). The van der Waals surface area contributed by atoms with Gasteiger partial charge in [0.2, 0.25) is 15.9 Å². The van der Waals surface area contributed by atoms with Gasteiger partial charge < -0.3 is 5.32 Å². The maximum Gasteiger partial charge on any atom is 0.245 e. The van der Waals surface area contributed by atoms with E-state index >= 15 is 0 Å². The van der Waals surface area contributed by atoms with Crippen LogP contribution in [-0.2, 0) is 21.4 Å². The Morgan fingerprint density at radius 1 is 0.812 bits per heavy atom. The van der Waals surface area contributed by atoms with Crippen molar-refractivity contribution in [1.82, 2.24) is 4.31 Å². The summed E-state index contributed by atoms with van der Waals surface area (Å²) in [6, 6.07) is 15.7. The molecule has 3 aromatic carbocycles. The number of sulfonamides is 1. The van der Waals surface area contributed by atoms with Gasteiger partial charge in [-0.1, -0.05) is 88.3 Å². The van der Waals surface area contributed by atoms with Crippen molar-refractivity contribution in [2.75, 3.05) is 11.9 Å². The summed E-state index contributed by atoms with van der Waals surface area (Å²) in [6.07, 6.45) is 0. The van der Waals surface area contributed by atoms with Gasteiger partial charge in [0, 0.05) is 11.6 Å². The van der Waals surface area contributed by atoms with Crippen LogP contribution in [0.2, 0.25) is 25.1 Å². The Kier molecular flexibility index (Phi) is 8.33. The maximum atomic E-state index is 13.4. The van der Waals surface area contributed by atoms with Gasteiger partial charge >= 0.3 is 0 Å². The molecule has 0 aliphatic heterocycles. The zero-order valence-corrected chi connectivity index (χ0v) is 20.8. The molecule has 0 aliphatic carbocycles. The monoisotopic (exact) mass is 550 g/mol. The molecule has 0 aromatic heterocycles. The van der Waals surface area contributed by atoms with Crippen LogP contribution in [0.4, 0.5) is 5.69 Å². The average molecular weight is 553 g/mol. The van der Waals surface area contributed by atoms with E-state index in [-0.39, 0.29) is 42.2 Å². The van der Waals surface area contributed by atoms with Crippen molar-refractivity contribution in [3.8, 4) is 0 Å². The fourth-order valence-corrected chi connectivity index (χ4v) is 5.51. The smallest absolute Gasteiger partial charge is 0.245 e. The highest BCUT2D eigenvalue weighted by Gasteiger charge is 2.29. The lowest BCUT2D eigenvalue weighted by atomic mass is 10.2. The van der Waals surface area contributed by atoms with E-state index in [1.54, 1.807) is 30.3 Å². The minimum absolute atomic E-state index is 0.0135. The Bertz CT molecular complexity index is 1250. The van der Waals surface area contributed by atoms with Crippen LogP contribution in [0, 0.1) is 0 Å². The number of hydrogen-bond donors (Lipinski definition) is 1. The van der Waals surface area contributed by atoms with Gasteiger partial charge in [-0.2, -0.15) is 4.31 Å². The van der Waals surface area contributed by atoms with Gasteiger partial charge in [0.1, 0.15) is 4.90 Å². The molecule has 11 heteroatoms. The van der Waals surface area contributed by atoms with Crippen molar-refractivity contribution in [2.24, 2.45) is 0 Å². The lowest BCUT2D eigenvalue weighted by molar-refractivity contribution is -0.116. The second-order valence-electron chi connectivity index (χ2n) is 6.63. The molecule has 0 radical (unpaired) electrons. The van der Waals surface area contributed by atoms with Gasteiger partial charge in [-0.25, -0.2) is 8.42 Å². The van der Waals surface area contributed by atoms with Crippen LogP contribution in [0.15, 0.2) is 65.6 Å². The van der Waals surface area contributed by atoms with Crippen molar-refractivity contribution in [2.45, 2.75) is 11.4 Å². The van der Waals surface area contributed by atoms with E-state index in [1.165, 1.54) is 30.3 Å². The first kappa shape index (κ1) is 25.1. The minimum Gasteiger partial charge on any atom is -0.324 e. The molecule has 1 amide bonds. The van der Waals surface area contributed by atoms with Crippen LogP contribution in [0.1, 0.15) is 5.56 Å². The first-order valence-electron chi connectivity index (χ1n) is 9.01. The third-order valence-electron chi connectivity index (χ3n) is 4.32. The van der Waals surface area contributed by atoms with Crippen LogP contribution in [0.3, 0.4) is 0 Å². The fourth-order valence-electron chi connectivity index (χ4n) is 2.80. The van der Waals surface area contributed by atoms with Gasteiger partial charge in [0.15, 0.2) is 0 Å². The van der Waals surface area contributed by atoms with E-state index < -0.39 is 22.5 Å². The predicted molar refractivity (Wildman–Crippen MR) is 131 cm³/mol. The third-order valence-corrected chi connectivity index (χ3v) is 7.86. The molecule has 1 N–H and O–H groups in total. The summed E-state index contributed by atoms with van der Waals surface area (Å²) in [6.45, 7) is -0.592. The summed E-state index contributed by atoms with van der Waals surface area (Å²) in [5.41, 5.74) is 0.874. The third kappa shape index (κ3) is 6.08. The predicted octanol–water partition coefficient (Wildman–Crippen LogP) is 6.78. The van der Waals surface area contributed by atoms with E-state index in [9.17, 15) is 13.2 Å². The maximum absolute atomic E-state index is 13.4. The first-order chi connectivity index (χ1) is 15.1. The highest BCUT2D eigenvalue weighted by atomic mass is 35.5. The van der Waals surface area contributed by atoms with Gasteiger partial charge in [-0.15, -0.1) is 0 Å². The topological polar surface area (TPSA) is 66.5 Å². The van der Waals surface area contributed by atoms with Crippen molar-refractivity contribution in [3.63, 3.8) is 0 Å². The van der Waals surface area contributed by atoms with E-state index in [1.807, 2.05) is 0 Å². The Morgan fingerprint density at radius 3 is 2.16 bits per heavy atom. The van der Waals surface area contributed by atoms with Crippen LogP contribution in [-0.4, -0.2) is 25.2 Å². The molecule has 168 valence electrons. The van der Waals surface area contributed by atoms with Gasteiger partial charge in [-0.3, -0.25) is 4.79 Å². The quantitative estimate of drug-likeness (QED) is 0.329. The highest BCUT2D eigenvalue weighted by Crippen LogP contribution is 2.33. The summed E-state index contributed by atoms with van der Waals surface area (Å²) < 4.78 is 27.8. The second kappa shape index (κ2) is 10.6. The molecule has 0 saturated heterocycles. The number of benzene rings is 3. The number of carbonyl (C=O) groups excluding carboxylic acids is 1. The summed E-state index contributed by atoms with van der Waals surface area (Å²) in [4.78, 5) is 12.6. The molecule has 0 aliphatic rings. The zero-order chi connectivity index (χ0) is 23.5. The second-order valence-corrected chi connectivity index (χ2v) is 10.6. The molecular formula is C21H15Cl5N2O3S. The molecule has 3 aromatic rings. The summed E-state index contributed by atoms with van der Waals surface area (Å²) in [5, 5.41) is 3.31. The van der Waals surface area contributed by atoms with E-state index in [2.05, 4.69) is 5.32 Å². The van der Waals surface area contributed by atoms with Gasteiger partial charge in [0.25, 0.3) is 0 Å². The van der Waals surface area contributed by atoms with Gasteiger partial charge in [-0.05, 0) is 35.9 Å². The number of amides is 1. The molecule has 5 nitrogen and oxygen atoms in total. The molecule has 3 rings (SSSR count). The van der Waals surface area contributed by atoms with Crippen molar-refractivity contribution in [3.05, 3.63) is 91.3 Å². The Balaban J connectivity index is 1.93. The van der Waals surface area contributed by atoms with Gasteiger partial charge in [0.05, 0.1) is 32.3 Å². The molecule has 0 unspecified atom stereocenters. The summed E-state index contributed by atoms with van der Waals surface area (Å²) in [5.74, 6) is -0.636. The molecule has 0 bridgehead atoms. The Hall–Kier alpha value is -1.51. The Labute approximate surface area is 210 Å². The van der Waals surface area contributed by atoms with Crippen molar-refractivity contribution < 1.29 is 13.2 Å². The number of halogens is 5. The van der Waals surface area contributed by atoms with Crippen molar-refractivity contribution >= 4 is 79.6 Å². The molecule has 32 heavy (non-hydrogen) atoms. The van der Waals surface area contributed by atoms with E-state index in [4.69, 9.17) is 58.0 Å². The van der Waals surface area contributed by atoms with Crippen LogP contribution >= 0.6 is 58.0 Å². The van der Waals surface area contributed by atoms with E-state index in [0.29, 0.717) is 5.56 Å². The molecule has 0 atom stereocenters. The number of rotatable bonds is 7. The molecule has 0 saturated carbocycles. The molecular weight excluding hydrogens is 538 g/mol. The zero-order valence-electron chi connectivity index (χ0n) is 16.2. The normalized spacial score (nSPS) is 11.6. The summed E-state index contributed by atoms with van der Waals surface area (Å²) >= 11 is 30.1. The Morgan fingerprint density at radius 2 is 1.47 bits per heavy atom. The van der Waals surface area contributed by atoms with Crippen LogP contribution in [0.5, 0.6) is 0 Å². The lowest BCUT2D eigenvalue weighted by Gasteiger charge is -2.23. The first-order valence-corrected chi connectivity index (χ1v) is 12.3. The number of hydrogen-bond acceptors (Lipinski definition) is 3. The molecule has 0 spiro atoms. The number of anilines is 1. The minimum atomic E-state index is -4.19. The number of nitrogens with zero attached hydrogens (tertiary/aromatic N) is 1. The number of carbonyl (C=O) groups is 1.